The average Bonchev–Trinajstić information content (AvgIpc) is 2.70. The van der Waals surface area contributed by atoms with Crippen molar-refractivity contribution in [3.05, 3.63) is 69.8 Å². The molecule has 10 heteroatoms. The Kier molecular flexibility index (Phi) is 6.42. The number of non-ortho nitro benzene ring substituents is 1. The summed E-state index contributed by atoms with van der Waals surface area (Å²) in [6.45, 7) is -0.634. The number of hydrogen-bond acceptors (Lipinski definition) is 7. The SMILES string of the molecule is COc1cccc(C(=O)OCC(=O)NNC(=O)c2cccc([N+](=O)[O-])c2)c1. The number of ether oxygens (including phenoxy) is 2. The second-order valence-electron chi connectivity index (χ2n) is 5.12. The van der Waals surface area contributed by atoms with Crippen LogP contribution in [0, 0.1) is 10.1 Å². The molecule has 0 bridgehead atoms. The molecule has 0 spiro atoms. The number of hydrogen-bond donors (Lipinski definition) is 2. The number of nitro groups is 1. The van der Waals surface area contributed by atoms with Crippen LogP contribution in [0.25, 0.3) is 0 Å². The van der Waals surface area contributed by atoms with E-state index in [-0.39, 0.29) is 16.8 Å². The predicted molar refractivity (Wildman–Crippen MR) is 92.0 cm³/mol. The number of carbonyl (C=O) groups excluding carboxylic acids is 3. The summed E-state index contributed by atoms with van der Waals surface area (Å²) in [5.74, 6) is -1.83. The number of nitrogens with zero attached hydrogens (tertiary/aromatic N) is 1. The smallest absolute Gasteiger partial charge is 0.338 e. The van der Waals surface area contributed by atoms with Gasteiger partial charge in [0.15, 0.2) is 6.61 Å². The number of nitro benzene ring substituents is 1. The number of esters is 1. The standard InChI is InChI=1S/C17H15N3O7/c1-26-14-7-3-5-12(9-14)17(23)27-10-15(21)18-19-16(22)11-4-2-6-13(8-11)20(24)25/h2-9H,10H2,1H3,(H,18,21)(H,19,22). The second kappa shape index (κ2) is 8.94. The Balaban J connectivity index is 1.83. The van der Waals surface area contributed by atoms with Gasteiger partial charge in [-0.1, -0.05) is 12.1 Å². The van der Waals surface area contributed by atoms with Crippen LogP contribution in [0.2, 0.25) is 0 Å². The molecule has 27 heavy (non-hydrogen) atoms. The number of hydrazine groups is 1. The molecule has 2 rings (SSSR count). The molecule has 0 aliphatic rings. The van der Waals surface area contributed by atoms with Crippen molar-refractivity contribution in [3.8, 4) is 5.75 Å². The number of nitrogens with one attached hydrogen (secondary N) is 2. The van der Waals surface area contributed by atoms with Crippen molar-refractivity contribution in [3.63, 3.8) is 0 Å². The van der Waals surface area contributed by atoms with Gasteiger partial charge in [-0.25, -0.2) is 4.79 Å². The maximum absolute atomic E-state index is 11.9. The van der Waals surface area contributed by atoms with Gasteiger partial charge in [-0.3, -0.25) is 30.6 Å². The van der Waals surface area contributed by atoms with Crippen LogP contribution in [-0.2, 0) is 9.53 Å². The van der Waals surface area contributed by atoms with Crippen molar-refractivity contribution in [2.45, 2.75) is 0 Å². The molecule has 0 saturated heterocycles. The highest BCUT2D eigenvalue weighted by atomic mass is 16.6. The van der Waals surface area contributed by atoms with Gasteiger partial charge in [0.2, 0.25) is 0 Å². The number of amides is 2. The van der Waals surface area contributed by atoms with E-state index in [1.54, 1.807) is 12.1 Å². The lowest BCUT2D eigenvalue weighted by atomic mass is 10.2. The van der Waals surface area contributed by atoms with Gasteiger partial charge in [0.25, 0.3) is 17.5 Å². The van der Waals surface area contributed by atoms with E-state index in [0.29, 0.717) is 5.75 Å². The van der Waals surface area contributed by atoms with Crippen molar-refractivity contribution in [2.75, 3.05) is 13.7 Å². The fourth-order valence-electron chi connectivity index (χ4n) is 1.96. The first-order valence-corrected chi connectivity index (χ1v) is 7.55. The van der Waals surface area contributed by atoms with E-state index >= 15 is 0 Å². The van der Waals surface area contributed by atoms with Crippen LogP contribution in [0.3, 0.4) is 0 Å². The predicted octanol–water partition coefficient (Wildman–Crippen LogP) is 1.22. The monoisotopic (exact) mass is 373 g/mol. The molecule has 2 aromatic rings. The minimum Gasteiger partial charge on any atom is -0.497 e. The van der Waals surface area contributed by atoms with E-state index < -0.39 is 29.3 Å². The van der Waals surface area contributed by atoms with Crippen molar-refractivity contribution in [1.82, 2.24) is 10.9 Å². The van der Waals surface area contributed by atoms with E-state index in [0.717, 1.165) is 6.07 Å². The fourth-order valence-corrected chi connectivity index (χ4v) is 1.96. The molecule has 0 saturated carbocycles. The zero-order chi connectivity index (χ0) is 19.8. The maximum Gasteiger partial charge on any atom is 0.338 e. The lowest BCUT2D eigenvalue weighted by molar-refractivity contribution is -0.384. The van der Waals surface area contributed by atoms with Crippen LogP contribution in [0.5, 0.6) is 5.75 Å². The molecule has 10 nitrogen and oxygen atoms in total. The minimum absolute atomic E-state index is 0.0159. The lowest BCUT2D eigenvalue weighted by Crippen LogP contribution is -2.43. The highest BCUT2D eigenvalue weighted by molar-refractivity contribution is 5.96. The molecule has 0 heterocycles. The average molecular weight is 373 g/mol. The Morgan fingerprint density at radius 2 is 1.74 bits per heavy atom. The number of carbonyl (C=O) groups is 3. The molecule has 0 aliphatic heterocycles. The number of benzene rings is 2. The summed E-state index contributed by atoms with van der Waals surface area (Å²) in [4.78, 5) is 45.5. The Labute approximate surface area is 153 Å². The summed E-state index contributed by atoms with van der Waals surface area (Å²) in [6, 6.07) is 11.2. The Bertz CT molecular complexity index is 882. The minimum atomic E-state index is -0.787. The third kappa shape index (κ3) is 5.53. The molecule has 2 amide bonds. The van der Waals surface area contributed by atoms with E-state index in [1.807, 2.05) is 5.43 Å². The van der Waals surface area contributed by atoms with Crippen LogP contribution in [0.15, 0.2) is 48.5 Å². The summed E-state index contributed by atoms with van der Waals surface area (Å²) in [5.41, 5.74) is 4.04. The van der Waals surface area contributed by atoms with E-state index in [1.165, 1.54) is 37.4 Å². The summed E-state index contributed by atoms with van der Waals surface area (Å²) >= 11 is 0. The van der Waals surface area contributed by atoms with Gasteiger partial charge in [-0.2, -0.15) is 0 Å². The number of rotatable bonds is 6. The summed E-state index contributed by atoms with van der Waals surface area (Å²) < 4.78 is 9.81. The van der Waals surface area contributed by atoms with E-state index in [2.05, 4.69) is 5.43 Å². The molecular weight excluding hydrogens is 358 g/mol. The molecule has 2 aromatic carbocycles. The van der Waals surface area contributed by atoms with Crippen molar-refractivity contribution >= 4 is 23.5 Å². The van der Waals surface area contributed by atoms with Gasteiger partial charge in [0.1, 0.15) is 5.75 Å². The summed E-state index contributed by atoms with van der Waals surface area (Å²) in [5, 5.41) is 10.7. The van der Waals surface area contributed by atoms with Crippen molar-refractivity contribution in [1.29, 1.82) is 0 Å². The van der Waals surface area contributed by atoms with Crippen LogP contribution in [0.4, 0.5) is 5.69 Å². The van der Waals surface area contributed by atoms with Crippen molar-refractivity contribution < 1.29 is 28.8 Å². The highest BCUT2D eigenvalue weighted by Gasteiger charge is 2.14. The highest BCUT2D eigenvalue weighted by Crippen LogP contribution is 2.14. The third-order valence-electron chi connectivity index (χ3n) is 3.27. The van der Waals surface area contributed by atoms with Crippen LogP contribution in [-0.4, -0.2) is 36.4 Å². The zero-order valence-corrected chi connectivity index (χ0v) is 14.1. The molecule has 0 atom stereocenters. The van der Waals surface area contributed by atoms with Gasteiger partial charge in [0.05, 0.1) is 17.6 Å². The first-order chi connectivity index (χ1) is 12.9. The number of methoxy groups -OCH3 is 1. The van der Waals surface area contributed by atoms with Gasteiger partial charge in [-0.15, -0.1) is 0 Å². The van der Waals surface area contributed by atoms with Crippen LogP contribution < -0.4 is 15.6 Å². The van der Waals surface area contributed by atoms with Gasteiger partial charge >= 0.3 is 5.97 Å². The summed E-state index contributed by atoms with van der Waals surface area (Å²) in [7, 11) is 1.45. The molecule has 0 aromatic heterocycles. The maximum atomic E-state index is 11.9. The Morgan fingerprint density at radius 3 is 2.44 bits per heavy atom. The summed E-state index contributed by atoms with van der Waals surface area (Å²) in [6.07, 6.45) is 0. The van der Waals surface area contributed by atoms with Crippen LogP contribution >= 0.6 is 0 Å². The zero-order valence-electron chi connectivity index (χ0n) is 14.1. The molecule has 0 aliphatic carbocycles. The van der Waals surface area contributed by atoms with Gasteiger partial charge < -0.3 is 9.47 Å². The van der Waals surface area contributed by atoms with Crippen LogP contribution in [0.1, 0.15) is 20.7 Å². The largest absolute Gasteiger partial charge is 0.497 e. The Morgan fingerprint density at radius 1 is 1.04 bits per heavy atom. The normalized spacial score (nSPS) is 9.81. The van der Waals surface area contributed by atoms with Gasteiger partial charge in [0, 0.05) is 17.7 Å². The molecule has 0 fully saturated rings. The molecule has 0 unspecified atom stereocenters. The first kappa shape index (κ1) is 19.4. The molecule has 2 N–H and O–H groups in total. The molecule has 0 radical (unpaired) electrons. The Hall–Kier alpha value is -3.95. The second-order valence-corrected chi connectivity index (χ2v) is 5.12. The quantitative estimate of drug-likeness (QED) is 0.441. The first-order valence-electron chi connectivity index (χ1n) is 7.55. The third-order valence-corrected chi connectivity index (χ3v) is 3.27. The van der Waals surface area contributed by atoms with Crippen molar-refractivity contribution in [2.24, 2.45) is 0 Å². The molecular formula is C17H15N3O7. The fraction of sp³-hybridized carbons (Fsp3) is 0.118. The van der Waals surface area contributed by atoms with Gasteiger partial charge in [-0.05, 0) is 24.3 Å². The van der Waals surface area contributed by atoms with E-state index in [9.17, 15) is 24.5 Å². The molecule has 140 valence electrons. The van der Waals surface area contributed by atoms with E-state index in [4.69, 9.17) is 9.47 Å². The topological polar surface area (TPSA) is 137 Å². The lowest BCUT2D eigenvalue weighted by Gasteiger charge is -2.08.